The van der Waals surface area contributed by atoms with Gasteiger partial charge in [0.1, 0.15) is 5.60 Å². The number of fused-ring (bicyclic) bond motifs is 2. The SMILES string of the molecule is C[C@H]1C[C@@]2(C[C@@H](c3cnn(C)c3)N1)OCCc1cc(Cl)sc12. The molecule has 4 rings (SSSR count). The molecule has 2 aliphatic heterocycles. The molecule has 4 nitrogen and oxygen atoms in total. The van der Waals surface area contributed by atoms with Crippen molar-refractivity contribution in [3.05, 3.63) is 38.8 Å². The summed E-state index contributed by atoms with van der Waals surface area (Å²) in [5, 5.41) is 8.01. The van der Waals surface area contributed by atoms with Crippen LogP contribution in [0.4, 0.5) is 0 Å². The first-order chi connectivity index (χ1) is 10.6. The van der Waals surface area contributed by atoms with Gasteiger partial charge in [-0.25, -0.2) is 0 Å². The lowest BCUT2D eigenvalue weighted by atomic mass is 9.78. The van der Waals surface area contributed by atoms with E-state index in [-0.39, 0.29) is 11.6 Å². The Balaban J connectivity index is 1.72. The lowest BCUT2D eigenvalue weighted by Gasteiger charge is -2.46. The van der Waals surface area contributed by atoms with E-state index in [4.69, 9.17) is 16.3 Å². The Morgan fingerprint density at radius 2 is 2.36 bits per heavy atom. The van der Waals surface area contributed by atoms with Gasteiger partial charge in [0, 0.05) is 42.2 Å². The summed E-state index contributed by atoms with van der Waals surface area (Å²) in [5.74, 6) is 0. The summed E-state index contributed by atoms with van der Waals surface area (Å²) in [7, 11) is 1.96. The largest absolute Gasteiger partial charge is 0.369 e. The van der Waals surface area contributed by atoms with Crippen LogP contribution in [-0.4, -0.2) is 22.4 Å². The maximum atomic E-state index is 6.36. The van der Waals surface area contributed by atoms with Crippen molar-refractivity contribution >= 4 is 22.9 Å². The van der Waals surface area contributed by atoms with Gasteiger partial charge >= 0.3 is 0 Å². The zero-order valence-corrected chi connectivity index (χ0v) is 14.4. The third-order valence-electron chi connectivity index (χ3n) is 4.73. The van der Waals surface area contributed by atoms with Crippen LogP contribution in [0.25, 0.3) is 0 Å². The maximum absolute atomic E-state index is 6.36. The molecule has 2 aliphatic rings. The van der Waals surface area contributed by atoms with E-state index in [1.54, 1.807) is 11.3 Å². The van der Waals surface area contributed by atoms with Crippen LogP contribution in [0.1, 0.15) is 41.8 Å². The average Bonchev–Trinajstić information content (AvgIpc) is 3.04. The second kappa shape index (κ2) is 5.34. The molecule has 0 amide bonds. The molecule has 0 aliphatic carbocycles. The smallest absolute Gasteiger partial charge is 0.106 e. The Labute approximate surface area is 139 Å². The maximum Gasteiger partial charge on any atom is 0.106 e. The quantitative estimate of drug-likeness (QED) is 0.866. The Kier molecular flexibility index (Phi) is 3.57. The number of aryl methyl sites for hydroxylation is 1. The predicted molar refractivity (Wildman–Crippen MR) is 88.4 cm³/mol. The van der Waals surface area contributed by atoms with Crippen molar-refractivity contribution in [1.29, 1.82) is 0 Å². The van der Waals surface area contributed by atoms with Crippen molar-refractivity contribution in [2.75, 3.05) is 6.61 Å². The molecule has 0 aromatic carbocycles. The van der Waals surface area contributed by atoms with E-state index >= 15 is 0 Å². The number of piperidine rings is 1. The molecular weight excluding hydrogens is 318 g/mol. The molecule has 6 heteroatoms. The molecule has 0 radical (unpaired) electrons. The molecule has 1 N–H and O–H groups in total. The second-order valence-electron chi connectivity index (χ2n) is 6.47. The highest BCUT2D eigenvalue weighted by Crippen LogP contribution is 2.49. The van der Waals surface area contributed by atoms with Gasteiger partial charge in [-0.3, -0.25) is 4.68 Å². The van der Waals surface area contributed by atoms with Crippen LogP contribution in [0.5, 0.6) is 0 Å². The molecular formula is C16H20ClN3OS. The molecule has 0 bridgehead atoms. The molecule has 1 fully saturated rings. The molecule has 1 spiro atoms. The number of aromatic nitrogens is 2. The standard InChI is InChI=1S/C16H20ClN3OS/c1-10-6-16(7-13(19-10)12-8-18-20(2)9-12)15-11(3-4-21-16)5-14(17)22-15/h5,8-10,13,19H,3-4,6-7H2,1-2H3/t10-,13-,16-/m0/s1. The average molecular weight is 338 g/mol. The van der Waals surface area contributed by atoms with Crippen molar-refractivity contribution in [3.63, 3.8) is 0 Å². The van der Waals surface area contributed by atoms with Crippen LogP contribution in [0.15, 0.2) is 18.5 Å². The molecule has 2 aromatic rings. The van der Waals surface area contributed by atoms with Crippen molar-refractivity contribution in [2.24, 2.45) is 7.05 Å². The first-order valence-corrected chi connectivity index (χ1v) is 8.92. The van der Waals surface area contributed by atoms with Crippen molar-refractivity contribution < 1.29 is 4.74 Å². The van der Waals surface area contributed by atoms with E-state index in [1.165, 1.54) is 16.0 Å². The van der Waals surface area contributed by atoms with Gasteiger partial charge in [-0.15, -0.1) is 11.3 Å². The first-order valence-electron chi connectivity index (χ1n) is 7.73. The van der Waals surface area contributed by atoms with Crippen LogP contribution in [0.3, 0.4) is 0 Å². The van der Waals surface area contributed by atoms with E-state index in [9.17, 15) is 0 Å². The summed E-state index contributed by atoms with van der Waals surface area (Å²) in [4.78, 5) is 1.34. The minimum atomic E-state index is -0.198. The second-order valence-corrected chi connectivity index (χ2v) is 8.16. The van der Waals surface area contributed by atoms with Gasteiger partial charge in [0.25, 0.3) is 0 Å². The fourth-order valence-corrected chi connectivity index (χ4v) is 5.36. The summed E-state index contributed by atoms with van der Waals surface area (Å²) in [6.45, 7) is 3.02. The van der Waals surface area contributed by atoms with Gasteiger partial charge in [0.2, 0.25) is 0 Å². The predicted octanol–water partition coefficient (Wildman–Crippen LogP) is 3.42. The molecule has 2 aromatic heterocycles. The van der Waals surface area contributed by atoms with E-state index in [1.807, 2.05) is 17.9 Å². The lowest BCUT2D eigenvalue weighted by Crippen LogP contribution is -2.49. The Bertz CT molecular complexity index is 697. The van der Waals surface area contributed by atoms with Crippen molar-refractivity contribution in [2.45, 2.75) is 43.9 Å². The number of ether oxygens (including phenoxy) is 1. The van der Waals surface area contributed by atoms with E-state index in [2.05, 4.69) is 29.6 Å². The first kappa shape index (κ1) is 14.7. The number of nitrogens with zero attached hydrogens (tertiary/aromatic N) is 2. The summed E-state index contributed by atoms with van der Waals surface area (Å²) < 4.78 is 9.09. The Morgan fingerprint density at radius 3 is 3.14 bits per heavy atom. The van der Waals surface area contributed by atoms with Crippen LogP contribution in [0.2, 0.25) is 4.34 Å². The summed E-state index contributed by atoms with van der Waals surface area (Å²) in [6.07, 6.45) is 6.95. The fourth-order valence-electron chi connectivity index (χ4n) is 3.89. The normalized spacial score (nSPS) is 31.4. The molecule has 3 atom stereocenters. The minimum Gasteiger partial charge on any atom is -0.369 e. The number of rotatable bonds is 1. The van der Waals surface area contributed by atoms with Gasteiger partial charge in [0.15, 0.2) is 0 Å². The topological polar surface area (TPSA) is 39.1 Å². The van der Waals surface area contributed by atoms with E-state index in [0.29, 0.717) is 6.04 Å². The zero-order chi connectivity index (χ0) is 15.3. The number of thiophene rings is 1. The van der Waals surface area contributed by atoms with Gasteiger partial charge in [-0.1, -0.05) is 11.6 Å². The number of nitrogens with one attached hydrogen (secondary N) is 1. The summed E-state index contributed by atoms with van der Waals surface area (Å²) in [5.41, 5.74) is 2.41. The third-order valence-corrected chi connectivity index (χ3v) is 6.22. The van der Waals surface area contributed by atoms with Crippen LogP contribution in [0, 0.1) is 0 Å². The van der Waals surface area contributed by atoms with Crippen molar-refractivity contribution in [1.82, 2.24) is 15.1 Å². The van der Waals surface area contributed by atoms with Gasteiger partial charge in [0.05, 0.1) is 17.1 Å². The van der Waals surface area contributed by atoms with Gasteiger partial charge < -0.3 is 10.1 Å². The van der Waals surface area contributed by atoms with Crippen LogP contribution in [-0.2, 0) is 23.8 Å². The molecule has 118 valence electrons. The highest BCUT2D eigenvalue weighted by molar-refractivity contribution is 7.16. The molecule has 1 saturated heterocycles. The number of hydrogen-bond donors (Lipinski definition) is 1. The zero-order valence-electron chi connectivity index (χ0n) is 12.8. The molecule has 0 saturated carbocycles. The van der Waals surface area contributed by atoms with Crippen molar-refractivity contribution in [3.8, 4) is 0 Å². The third kappa shape index (κ3) is 2.40. The summed E-state index contributed by atoms with van der Waals surface area (Å²) >= 11 is 7.97. The lowest BCUT2D eigenvalue weighted by molar-refractivity contribution is -0.0954. The van der Waals surface area contributed by atoms with Gasteiger partial charge in [-0.2, -0.15) is 5.10 Å². The Morgan fingerprint density at radius 1 is 1.50 bits per heavy atom. The fraction of sp³-hybridized carbons (Fsp3) is 0.562. The Hall–Kier alpha value is -0.880. The molecule has 4 heterocycles. The van der Waals surface area contributed by atoms with Crippen LogP contribution >= 0.6 is 22.9 Å². The number of halogens is 1. The highest BCUT2D eigenvalue weighted by atomic mass is 35.5. The molecule has 22 heavy (non-hydrogen) atoms. The van der Waals surface area contributed by atoms with E-state index in [0.717, 1.165) is 30.2 Å². The van der Waals surface area contributed by atoms with E-state index < -0.39 is 0 Å². The summed E-state index contributed by atoms with van der Waals surface area (Å²) in [6, 6.07) is 2.78. The minimum absolute atomic E-state index is 0.198. The highest BCUT2D eigenvalue weighted by Gasteiger charge is 2.46. The monoisotopic (exact) mass is 337 g/mol. The van der Waals surface area contributed by atoms with Gasteiger partial charge in [-0.05, 0) is 31.4 Å². The molecule has 0 unspecified atom stereocenters. The van der Waals surface area contributed by atoms with Crippen LogP contribution < -0.4 is 5.32 Å². The number of hydrogen-bond acceptors (Lipinski definition) is 4.